The number of hydrogen-bond acceptors (Lipinski definition) is 6. The van der Waals surface area contributed by atoms with E-state index < -0.39 is 0 Å². The van der Waals surface area contributed by atoms with E-state index in [4.69, 9.17) is 17.0 Å². The molecular formula is C20H23N5O2S2. The van der Waals surface area contributed by atoms with Crippen molar-refractivity contribution in [3.63, 3.8) is 0 Å². The van der Waals surface area contributed by atoms with Crippen molar-refractivity contribution >= 4 is 29.5 Å². The molecule has 1 fully saturated rings. The molecular weight excluding hydrogens is 406 g/mol. The van der Waals surface area contributed by atoms with Gasteiger partial charge in [-0.2, -0.15) is 5.10 Å². The molecule has 1 aliphatic heterocycles. The molecule has 0 radical (unpaired) electrons. The van der Waals surface area contributed by atoms with E-state index in [0.717, 1.165) is 36.1 Å². The van der Waals surface area contributed by atoms with E-state index >= 15 is 0 Å². The van der Waals surface area contributed by atoms with Crippen molar-refractivity contribution in [1.82, 2.24) is 24.6 Å². The van der Waals surface area contributed by atoms with E-state index in [1.54, 1.807) is 23.0 Å². The van der Waals surface area contributed by atoms with Gasteiger partial charge in [0.25, 0.3) is 0 Å². The van der Waals surface area contributed by atoms with Gasteiger partial charge in [0.1, 0.15) is 12.3 Å². The number of hydrogen-bond donors (Lipinski definition) is 1. The molecule has 0 spiro atoms. The summed E-state index contributed by atoms with van der Waals surface area (Å²) in [5.41, 5.74) is 1.25. The van der Waals surface area contributed by atoms with Crippen LogP contribution < -0.4 is 4.74 Å². The Morgan fingerprint density at radius 2 is 1.97 bits per heavy atom. The van der Waals surface area contributed by atoms with Crippen molar-refractivity contribution in [3.8, 4) is 16.5 Å². The number of amides is 1. The van der Waals surface area contributed by atoms with Crippen LogP contribution in [-0.4, -0.2) is 63.8 Å². The summed E-state index contributed by atoms with van der Waals surface area (Å²) in [6, 6.07) is 12.1. The van der Waals surface area contributed by atoms with Crippen LogP contribution in [0.25, 0.3) is 10.7 Å². The molecule has 1 aliphatic rings. The van der Waals surface area contributed by atoms with Crippen LogP contribution in [0, 0.1) is 4.77 Å². The van der Waals surface area contributed by atoms with Gasteiger partial charge in [0.15, 0.2) is 10.6 Å². The quantitative estimate of drug-likeness (QED) is 0.610. The van der Waals surface area contributed by atoms with E-state index in [-0.39, 0.29) is 12.5 Å². The summed E-state index contributed by atoms with van der Waals surface area (Å²) < 4.78 is 7.47. The molecule has 0 atom stereocenters. The first-order chi connectivity index (χ1) is 14.1. The Kier molecular flexibility index (Phi) is 6.08. The van der Waals surface area contributed by atoms with Gasteiger partial charge in [-0.15, -0.1) is 11.3 Å². The zero-order valence-electron chi connectivity index (χ0n) is 16.2. The number of carbonyl (C=O) groups excluding carboxylic acids is 1. The summed E-state index contributed by atoms with van der Waals surface area (Å²) in [4.78, 5) is 18.1. The van der Waals surface area contributed by atoms with Crippen molar-refractivity contribution in [2.75, 3.05) is 33.3 Å². The Labute approximate surface area is 178 Å². The van der Waals surface area contributed by atoms with Crippen molar-refractivity contribution in [2.45, 2.75) is 13.1 Å². The predicted molar refractivity (Wildman–Crippen MR) is 116 cm³/mol. The summed E-state index contributed by atoms with van der Waals surface area (Å²) in [6.45, 7) is 4.23. The average molecular weight is 430 g/mol. The van der Waals surface area contributed by atoms with Crippen molar-refractivity contribution < 1.29 is 9.53 Å². The van der Waals surface area contributed by atoms with Gasteiger partial charge in [0, 0.05) is 32.7 Å². The summed E-state index contributed by atoms with van der Waals surface area (Å²) in [6.07, 6.45) is 0. The third-order valence-electron chi connectivity index (χ3n) is 5.08. The number of thiophene rings is 1. The molecule has 1 saturated heterocycles. The SMILES string of the molecule is COc1ccc(CN2CCN(C(=O)Cn3c(-c4cccs4)n[nH]c3=S)CC2)cc1. The van der Waals surface area contributed by atoms with Gasteiger partial charge in [0.2, 0.25) is 5.91 Å². The lowest BCUT2D eigenvalue weighted by Crippen LogP contribution is -2.49. The topological polar surface area (TPSA) is 66.4 Å². The largest absolute Gasteiger partial charge is 0.497 e. The Morgan fingerprint density at radius 3 is 2.62 bits per heavy atom. The zero-order valence-corrected chi connectivity index (χ0v) is 17.8. The Morgan fingerprint density at radius 1 is 1.21 bits per heavy atom. The lowest BCUT2D eigenvalue weighted by molar-refractivity contribution is -0.133. The molecule has 1 amide bonds. The lowest BCUT2D eigenvalue weighted by Gasteiger charge is -2.34. The second-order valence-electron chi connectivity index (χ2n) is 6.92. The summed E-state index contributed by atoms with van der Waals surface area (Å²) in [5.74, 6) is 1.66. The maximum absolute atomic E-state index is 12.9. The number of aromatic nitrogens is 3. The maximum atomic E-state index is 12.9. The summed E-state index contributed by atoms with van der Waals surface area (Å²) >= 11 is 6.92. The highest BCUT2D eigenvalue weighted by molar-refractivity contribution is 7.71. The standard InChI is InChI=1S/C20H23N5O2S2/c1-27-16-6-4-15(5-7-16)13-23-8-10-24(11-9-23)18(26)14-25-19(21-22-20(25)28)17-3-2-12-29-17/h2-7,12H,8-11,13-14H2,1H3,(H,22,28). The van der Waals surface area contributed by atoms with Crippen LogP contribution in [0.3, 0.4) is 0 Å². The average Bonchev–Trinajstić information content (AvgIpc) is 3.39. The van der Waals surface area contributed by atoms with Gasteiger partial charge in [-0.05, 0) is 41.4 Å². The first-order valence-electron chi connectivity index (χ1n) is 9.46. The van der Waals surface area contributed by atoms with Gasteiger partial charge < -0.3 is 9.64 Å². The molecule has 152 valence electrons. The minimum Gasteiger partial charge on any atom is -0.497 e. The van der Waals surface area contributed by atoms with Crippen LogP contribution in [0.4, 0.5) is 0 Å². The number of rotatable bonds is 6. The summed E-state index contributed by atoms with van der Waals surface area (Å²) in [5, 5.41) is 9.09. The molecule has 3 heterocycles. The molecule has 0 aliphatic carbocycles. The number of benzene rings is 1. The molecule has 7 nitrogen and oxygen atoms in total. The zero-order chi connectivity index (χ0) is 20.2. The van der Waals surface area contributed by atoms with Crippen molar-refractivity contribution in [3.05, 3.63) is 52.1 Å². The fourth-order valence-corrected chi connectivity index (χ4v) is 4.36. The molecule has 1 N–H and O–H groups in total. The highest BCUT2D eigenvalue weighted by atomic mass is 32.1. The highest BCUT2D eigenvalue weighted by Crippen LogP contribution is 2.23. The number of nitrogens with zero attached hydrogens (tertiary/aromatic N) is 4. The number of H-pyrrole nitrogens is 1. The maximum Gasteiger partial charge on any atom is 0.242 e. The van der Waals surface area contributed by atoms with Gasteiger partial charge in [-0.25, -0.2) is 0 Å². The van der Waals surface area contributed by atoms with Crippen molar-refractivity contribution in [1.29, 1.82) is 0 Å². The summed E-state index contributed by atoms with van der Waals surface area (Å²) in [7, 11) is 1.67. The van der Waals surface area contributed by atoms with E-state index in [1.807, 2.05) is 34.5 Å². The number of methoxy groups -OCH3 is 1. The predicted octanol–water partition coefficient (Wildman–Crippen LogP) is 3.02. The lowest BCUT2D eigenvalue weighted by atomic mass is 10.2. The van der Waals surface area contributed by atoms with E-state index in [2.05, 4.69) is 27.2 Å². The van der Waals surface area contributed by atoms with Crippen LogP contribution in [0.15, 0.2) is 41.8 Å². The second-order valence-corrected chi connectivity index (χ2v) is 8.26. The van der Waals surface area contributed by atoms with E-state index in [0.29, 0.717) is 17.9 Å². The minimum atomic E-state index is 0.0735. The van der Waals surface area contributed by atoms with Crippen LogP contribution in [0.5, 0.6) is 5.75 Å². The molecule has 0 saturated carbocycles. The smallest absolute Gasteiger partial charge is 0.242 e. The number of piperazine rings is 1. The van der Waals surface area contributed by atoms with E-state index in [1.165, 1.54) is 5.56 Å². The molecule has 2 aromatic heterocycles. The van der Waals surface area contributed by atoms with E-state index in [9.17, 15) is 4.79 Å². The molecule has 1 aromatic carbocycles. The second kappa shape index (κ2) is 8.89. The molecule has 9 heteroatoms. The highest BCUT2D eigenvalue weighted by Gasteiger charge is 2.23. The fraction of sp³-hybridized carbons (Fsp3) is 0.350. The van der Waals surface area contributed by atoms with Gasteiger partial charge in [-0.1, -0.05) is 18.2 Å². The number of aromatic amines is 1. The Hall–Kier alpha value is -2.49. The first kappa shape index (κ1) is 19.8. The molecule has 3 aromatic rings. The Bertz CT molecular complexity index is 1000. The molecule has 0 unspecified atom stereocenters. The van der Waals surface area contributed by atoms with Crippen LogP contribution in [0.1, 0.15) is 5.56 Å². The van der Waals surface area contributed by atoms with Gasteiger partial charge in [0.05, 0.1) is 12.0 Å². The number of nitrogens with one attached hydrogen (secondary N) is 1. The number of ether oxygens (including phenoxy) is 1. The third-order valence-corrected chi connectivity index (χ3v) is 6.26. The number of carbonyl (C=O) groups is 1. The molecule has 4 rings (SSSR count). The van der Waals surface area contributed by atoms with Crippen LogP contribution >= 0.6 is 23.6 Å². The molecule has 0 bridgehead atoms. The Balaban J connectivity index is 1.34. The first-order valence-corrected chi connectivity index (χ1v) is 10.7. The molecule has 29 heavy (non-hydrogen) atoms. The van der Waals surface area contributed by atoms with Crippen molar-refractivity contribution in [2.24, 2.45) is 0 Å². The fourth-order valence-electron chi connectivity index (χ4n) is 3.44. The normalized spacial score (nSPS) is 14.9. The minimum absolute atomic E-state index is 0.0735. The van der Waals surface area contributed by atoms with Gasteiger partial charge >= 0.3 is 0 Å². The van der Waals surface area contributed by atoms with Gasteiger partial charge in [-0.3, -0.25) is 19.4 Å². The third kappa shape index (κ3) is 4.58. The van der Waals surface area contributed by atoms with Crippen LogP contribution in [-0.2, 0) is 17.9 Å². The van der Waals surface area contributed by atoms with Crippen LogP contribution in [0.2, 0.25) is 0 Å². The monoisotopic (exact) mass is 429 g/mol.